The number of ether oxygens (including phenoxy) is 2. The summed E-state index contributed by atoms with van der Waals surface area (Å²) in [7, 11) is 3.23. The van der Waals surface area contributed by atoms with Gasteiger partial charge < -0.3 is 19.1 Å². The quantitative estimate of drug-likeness (QED) is 0.909. The van der Waals surface area contributed by atoms with Crippen molar-refractivity contribution in [1.29, 1.82) is 0 Å². The summed E-state index contributed by atoms with van der Waals surface area (Å²) in [6, 6.07) is 3.68. The van der Waals surface area contributed by atoms with Crippen molar-refractivity contribution in [3.63, 3.8) is 0 Å². The van der Waals surface area contributed by atoms with Crippen LogP contribution in [-0.2, 0) is 18.5 Å². The third-order valence-electron chi connectivity index (χ3n) is 4.36. The first-order valence-corrected chi connectivity index (χ1v) is 8.30. The maximum absolute atomic E-state index is 10.6. The summed E-state index contributed by atoms with van der Waals surface area (Å²) in [4.78, 5) is 6.54. The summed E-state index contributed by atoms with van der Waals surface area (Å²) in [5.74, 6) is 2.64. The Hall–Kier alpha value is -2.12. The lowest BCUT2D eigenvalue weighted by atomic mass is 9.95. The zero-order chi connectivity index (χ0) is 18.2. The molecule has 1 aliphatic heterocycles. The van der Waals surface area contributed by atoms with Gasteiger partial charge in [-0.05, 0) is 12.1 Å². The second-order valence-electron chi connectivity index (χ2n) is 7.31. The van der Waals surface area contributed by atoms with Crippen LogP contribution in [0.1, 0.15) is 49.7 Å². The molecular formula is C18H25N3O4. The fourth-order valence-corrected chi connectivity index (χ4v) is 3.08. The van der Waals surface area contributed by atoms with Gasteiger partial charge in [0.1, 0.15) is 11.5 Å². The molecule has 25 heavy (non-hydrogen) atoms. The molecule has 1 aromatic carbocycles. The normalized spacial score (nSPS) is 18.1. The summed E-state index contributed by atoms with van der Waals surface area (Å²) < 4.78 is 16.2. The largest absolute Gasteiger partial charge is 0.496 e. The van der Waals surface area contributed by atoms with Crippen LogP contribution < -0.4 is 9.47 Å². The molecule has 7 nitrogen and oxygen atoms in total. The molecule has 1 N–H and O–H groups in total. The van der Waals surface area contributed by atoms with E-state index in [1.165, 1.54) is 0 Å². The molecule has 7 heteroatoms. The van der Waals surface area contributed by atoms with Gasteiger partial charge in [0.15, 0.2) is 5.82 Å². The van der Waals surface area contributed by atoms with E-state index in [0.717, 1.165) is 16.9 Å². The topological polar surface area (TPSA) is 80.9 Å². The van der Waals surface area contributed by atoms with Crippen molar-refractivity contribution in [2.75, 3.05) is 20.8 Å². The third-order valence-corrected chi connectivity index (χ3v) is 4.36. The summed E-state index contributed by atoms with van der Waals surface area (Å²) in [6.07, 6.45) is -0.668. The van der Waals surface area contributed by atoms with Gasteiger partial charge in [0.2, 0.25) is 5.89 Å². The van der Waals surface area contributed by atoms with Crippen molar-refractivity contribution >= 4 is 0 Å². The molecule has 1 unspecified atom stereocenters. The Morgan fingerprint density at radius 2 is 1.92 bits per heavy atom. The standard InChI is InChI=1S/C18H25N3O4/c1-18(2,3)17-19-15(25-20-17)10-21-8-11-13(23-4)6-7-14(24-5)16(11)12(22)9-21/h6-7,12,22H,8-10H2,1-5H3. The van der Waals surface area contributed by atoms with Crippen molar-refractivity contribution in [3.8, 4) is 11.5 Å². The van der Waals surface area contributed by atoms with Crippen LogP contribution in [0, 0.1) is 0 Å². The van der Waals surface area contributed by atoms with Crippen molar-refractivity contribution in [2.45, 2.75) is 45.4 Å². The highest BCUT2D eigenvalue weighted by Crippen LogP contribution is 2.39. The fraction of sp³-hybridized carbons (Fsp3) is 0.556. The van der Waals surface area contributed by atoms with Gasteiger partial charge in [-0.15, -0.1) is 0 Å². The smallest absolute Gasteiger partial charge is 0.240 e. The van der Waals surface area contributed by atoms with Crippen molar-refractivity contribution in [2.24, 2.45) is 0 Å². The van der Waals surface area contributed by atoms with Crippen molar-refractivity contribution in [3.05, 3.63) is 35.0 Å². The van der Waals surface area contributed by atoms with Gasteiger partial charge in [-0.25, -0.2) is 0 Å². The number of hydrogen-bond donors (Lipinski definition) is 1. The minimum atomic E-state index is -0.668. The van der Waals surface area contributed by atoms with E-state index in [1.54, 1.807) is 14.2 Å². The highest BCUT2D eigenvalue weighted by atomic mass is 16.5. The molecule has 136 valence electrons. The lowest BCUT2D eigenvalue weighted by Gasteiger charge is -2.33. The molecular weight excluding hydrogens is 322 g/mol. The Labute approximate surface area is 147 Å². The van der Waals surface area contributed by atoms with E-state index in [0.29, 0.717) is 37.1 Å². The number of aromatic nitrogens is 2. The van der Waals surface area contributed by atoms with Gasteiger partial charge >= 0.3 is 0 Å². The monoisotopic (exact) mass is 347 g/mol. The van der Waals surface area contributed by atoms with Crippen LogP contribution in [0.5, 0.6) is 11.5 Å². The first-order chi connectivity index (χ1) is 11.8. The number of rotatable bonds is 4. The van der Waals surface area contributed by atoms with Gasteiger partial charge in [0.25, 0.3) is 0 Å². The van der Waals surface area contributed by atoms with Crippen LogP contribution in [-0.4, -0.2) is 40.9 Å². The summed E-state index contributed by atoms with van der Waals surface area (Å²) in [5.41, 5.74) is 1.56. The molecule has 1 aliphatic rings. The zero-order valence-electron chi connectivity index (χ0n) is 15.4. The molecule has 0 spiro atoms. The van der Waals surface area contributed by atoms with E-state index in [-0.39, 0.29) is 5.41 Å². The highest BCUT2D eigenvalue weighted by molar-refractivity contribution is 5.51. The number of hydrogen-bond acceptors (Lipinski definition) is 7. The minimum Gasteiger partial charge on any atom is -0.496 e. The Kier molecular flexibility index (Phi) is 4.71. The maximum Gasteiger partial charge on any atom is 0.240 e. The SMILES string of the molecule is COc1ccc(OC)c2c1CN(Cc1nc(C(C)(C)C)no1)CC2O. The van der Waals surface area contributed by atoms with Gasteiger partial charge in [-0.3, -0.25) is 4.90 Å². The third kappa shape index (κ3) is 3.48. The summed E-state index contributed by atoms with van der Waals surface area (Å²) in [6.45, 7) is 7.67. The van der Waals surface area contributed by atoms with E-state index in [2.05, 4.69) is 15.0 Å². The van der Waals surface area contributed by atoms with Crippen LogP contribution in [0.15, 0.2) is 16.7 Å². The van der Waals surface area contributed by atoms with Crippen LogP contribution in [0.2, 0.25) is 0 Å². The predicted octanol–water partition coefficient (Wildman–Crippen LogP) is 2.43. The molecule has 1 atom stereocenters. The number of β-amino-alcohol motifs (C(OH)–C–C–N with tert-alkyl or cyclic N) is 1. The second-order valence-corrected chi connectivity index (χ2v) is 7.31. The molecule has 0 radical (unpaired) electrons. The zero-order valence-corrected chi connectivity index (χ0v) is 15.4. The number of nitrogens with zero attached hydrogens (tertiary/aromatic N) is 3. The lowest BCUT2D eigenvalue weighted by molar-refractivity contribution is 0.0779. The number of aliphatic hydroxyl groups excluding tert-OH is 1. The molecule has 0 bridgehead atoms. The number of benzene rings is 1. The van der Waals surface area contributed by atoms with Gasteiger partial charge in [-0.2, -0.15) is 4.98 Å². The molecule has 0 amide bonds. The van der Waals surface area contributed by atoms with Crippen LogP contribution in [0.25, 0.3) is 0 Å². The van der Waals surface area contributed by atoms with E-state index in [9.17, 15) is 5.11 Å². The second kappa shape index (κ2) is 6.65. The summed E-state index contributed by atoms with van der Waals surface area (Å²) >= 11 is 0. The molecule has 0 saturated carbocycles. The molecule has 2 aromatic rings. The van der Waals surface area contributed by atoms with E-state index >= 15 is 0 Å². The fourth-order valence-electron chi connectivity index (χ4n) is 3.08. The molecule has 0 fully saturated rings. The highest BCUT2D eigenvalue weighted by Gasteiger charge is 2.31. The van der Waals surface area contributed by atoms with Gasteiger partial charge in [0.05, 0.1) is 26.9 Å². The lowest BCUT2D eigenvalue weighted by Crippen LogP contribution is -2.34. The molecule has 2 heterocycles. The Morgan fingerprint density at radius 3 is 2.52 bits per heavy atom. The first-order valence-electron chi connectivity index (χ1n) is 8.30. The van der Waals surface area contributed by atoms with Crippen molar-refractivity contribution < 1.29 is 19.1 Å². The Balaban J connectivity index is 1.85. The van der Waals surface area contributed by atoms with Gasteiger partial charge in [-0.1, -0.05) is 25.9 Å². The van der Waals surface area contributed by atoms with E-state index in [4.69, 9.17) is 14.0 Å². The number of methoxy groups -OCH3 is 2. The molecule has 0 saturated heterocycles. The Bertz CT molecular complexity index is 751. The maximum atomic E-state index is 10.6. The molecule has 0 aliphatic carbocycles. The minimum absolute atomic E-state index is 0.160. The van der Waals surface area contributed by atoms with Gasteiger partial charge in [0, 0.05) is 29.6 Å². The van der Waals surface area contributed by atoms with E-state index < -0.39 is 6.10 Å². The predicted molar refractivity (Wildman–Crippen MR) is 91.6 cm³/mol. The number of aliphatic hydroxyl groups is 1. The van der Waals surface area contributed by atoms with Crippen molar-refractivity contribution in [1.82, 2.24) is 15.0 Å². The average molecular weight is 347 g/mol. The first kappa shape index (κ1) is 17.7. The van der Waals surface area contributed by atoms with Crippen LogP contribution in [0.4, 0.5) is 0 Å². The van der Waals surface area contributed by atoms with Crippen LogP contribution >= 0.6 is 0 Å². The molecule has 1 aromatic heterocycles. The average Bonchev–Trinajstić information content (AvgIpc) is 3.02. The van der Waals surface area contributed by atoms with Crippen LogP contribution in [0.3, 0.4) is 0 Å². The number of fused-ring (bicyclic) bond motifs is 1. The molecule has 3 rings (SSSR count). The van der Waals surface area contributed by atoms with E-state index in [1.807, 2.05) is 32.9 Å². The summed E-state index contributed by atoms with van der Waals surface area (Å²) in [5, 5.41) is 14.7. The Morgan fingerprint density at radius 1 is 1.24 bits per heavy atom.